The van der Waals surface area contributed by atoms with Crippen LogP contribution in [0.15, 0.2) is 12.3 Å². The van der Waals surface area contributed by atoms with Gasteiger partial charge < -0.3 is 15.2 Å². The number of carboxylic acid groups (broad SMARTS) is 1. The summed E-state index contributed by atoms with van der Waals surface area (Å²) in [5.74, 6) is -0.903. The van der Waals surface area contributed by atoms with Gasteiger partial charge in [0.2, 0.25) is 0 Å². The number of pyridine rings is 1. The molecule has 1 saturated heterocycles. The summed E-state index contributed by atoms with van der Waals surface area (Å²) in [4.78, 5) is 25.6. The van der Waals surface area contributed by atoms with E-state index in [1.807, 2.05) is 0 Å². The Balaban J connectivity index is 2.30. The number of ether oxygens (including phenoxy) is 1. The molecule has 1 aliphatic rings. The van der Waals surface area contributed by atoms with E-state index >= 15 is 0 Å². The molecule has 0 saturated carbocycles. The maximum atomic E-state index is 11.3. The summed E-state index contributed by atoms with van der Waals surface area (Å²) in [5, 5.41) is 22.8. The number of carboxylic acids is 1. The molecule has 1 aromatic rings. The molecule has 2 N–H and O–H groups in total. The highest BCUT2D eigenvalue weighted by molar-refractivity contribution is 5.83. The predicted octanol–water partition coefficient (Wildman–Crippen LogP) is 0.954. The average molecular weight is 267 g/mol. The van der Waals surface area contributed by atoms with Gasteiger partial charge >= 0.3 is 5.97 Å². The third-order valence-electron chi connectivity index (χ3n) is 3.07. The molecule has 8 nitrogen and oxygen atoms in total. The number of hydrogen-bond donors (Lipinski definition) is 2. The Morgan fingerprint density at radius 1 is 1.68 bits per heavy atom. The molecule has 0 amide bonds. The van der Waals surface area contributed by atoms with Gasteiger partial charge in [0.15, 0.2) is 5.54 Å². The van der Waals surface area contributed by atoms with E-state index in [1.165, 1.54) is 12.3 Å². The number of rotatable bonds is 4. The third-order valence-corrected chi connectivity index (χ3v) is 3.07. The lowest BCUT2D eigenvalue weighted by Gasteiger charge is -2.24. The van der Waals surface area contributed by atoms with Crippen molar-refractivity contribution in [1.82, 2.24) is 4.98 Å². The summed E-state index contributed by atoms with van der Waals surface area (Å²) in [6, 6.07) is 1.23. The monoisotopic (exact) mass is 267 g/mol. The fourth-order valence-electron chi connectivity index (χ4n) is 1.91. The predicted molar refractivity (Wildman–Crippen MR) is 65.1 cm³/mol. The van der Waals surface area contributed by atoms with E-state index in [1.54, 1.807) is 6.92 Å². The van der Waals surface area contributed by atoms with Gasteiger partial charge in [0, 0.05) is 24.8 Å². The van der Waals surface area contributed by atoms with Crippen LogP contribution in [0.1, 0.15) is 12.0 Å². The van der Waals surface area contributed by atoms with E-state index in [0.717, 1.165) is 0 Å². The normalized spacial score (nSPS) is 22.2. The van der Waals surface area contributed by atoms with Crippen molar-refractivity contribution in [2.75, 3.05) is 18.5 Å². The largest absolute Gasteiger partial charge is 0.479 e. The molecule has 1 unspecified atom stereocenters. The lowest BCUT2D eigenvalue weighted by atomic mass is 9.99. The molecular formula is C11H13N3O5. The highest BCUT2D eigenvalue weighted by atomic mass is 16.6. The Bertz CT molecular complexity index is 525. The minimum absolute atomic E-state index is 0.00564. The summed E-state index contributed by atoms with van der Waals surface area (Å²) in [7, 11) is 0. The molecule has 0 radical (unpaired) electrons. The highest BCUT2D eigenvalue weighted by Crippen LogP contribution is 2.26. The Morgan fingerprint density at radius 3 is 2.95 bits per heavy atom. The van der Waals surface area contributed by atoms with Crippen LogP contribution in [0.4, 0.5) is 11.5 Å². The second-order valence-corrected chi connectivity index (χ2v) is 4.43. The second-order valence-electron chi connectivity index (χ2n) is 4.43. The third kappa shape index (κ3) is 2.48. The Hall–Kier alpha value is -2.22. The summed E-state index contributed by atoms with van der Waals surface area (Å²) in [6.07, 6.45) is 1.62. The number of anilines is 1. The number of hydrogen-bond acceptors (Lipinski definition) is 6. The van der Waals surface area contributed by atoms with Crippen LogP contribution in [0.5, 0.6) is 0 Å². The van der Waals surface area contributed by atoms with Crippen LogP contribution in [-0.2, 0) is 9.53 Å². The molecule has 0 aliphatic carbocycles. The minimum atomic E-state index is -1.27. The zero-order valence-electron chi connectivity index (χ0n) is 10.3. The van der Waals surface area contributed by atoms with Crippen LogP contribution in [0.2, 0.25) is 0 Å². The van der Waals surface area contributed by atoms with Crippen molar-refractivity contribution >= 4 is 17.5 Å². The average Bonchev–Trinajstić information content (AvgIpc) is 2.81. The van der Waals surface area contributed by atoms with E-state index < -0.39 is 16.4 Å². The Kier molecular flexibility index (Phi) is 3.34. The zero-order chi connectivity index (χ0) is 14.0. The Labute approximate surface area is 108 Å². The minimum Gasteiger partial charge on any atom is -0.479 e. The molecule has 102 valence electrons. The molecule has 1 aliphatic heterocycles. The van der Waals surface area contributed by atoms with Gasteiger partial charge in [-0.15, -0.1) is 0 Å². The van der Waals surface area contributed by atoms with Crippen LogP contribution in [0, 0.1) is 17.0 Å². The molecule has 1 fully saturated rings. The maximum absolute atomic E-state index is 11.3. The second kappa shape index (κ2) is 4.81. The van der Waals surface area contributed by atoms with Crippen molar-refractivity contribution in [1.29, 1.82) is 0 Å². The van der Waals surface area contributed by atoms with Gasteiger partial charge in [-0.1, -0.05) is 0 Å². The standard InChI is InChI=1S/C11H13N3O5/c1-7-5-12-9(4-8(7)14(17)18)13-11(10(15)16)2-3-19-6-11/h4-5H,2-3,6H2,1H3,(H,12,13)(H,15,16). The first kappa shape index (κ1) is 13.2. The lowest BCUT2D eigenvalue weighted by molar-refractivity contribution is -0.385. The number of nitrogens with one attached hydrogen (secondary N) is 1. The van der Waals surface area contributed by atoms with Crippen molar-refractivity contribution < 1.29 is 19.6 Å². The van der Waals surface area contributed by atoms with Crippen molar-refractivity contribution in [3.05, 3.63) is 27.9 Å². The molecular weight excluding hydrogens is 254 g/mol. The molecule has 0 spiro atoms. The number of aromatic nitrogens is 1. The quantitative estimate of drug-likeness (QED) is 0.616. The molecule has 1 aromatic heterocycles. The van der Waals surface area contributed by atoms with E-state index in [2.05, 4.69) is 10.3 Å². The van der Waals surface area contributed by atoms with Crippen LogP contribution in [0.25, 0.3) is 0 Å². The summed E-state index contributed by atoms with van der Waals surface area (Å²) >= 11 is 0. The molecule has 19 heavy (non-hydrogen) atoms. The summed E-state index contributed by atoms with van der Waals surface area (Å²) < 4.78 is 5.09. The van der Waals surface area contributed by atoms with Crippen molar-refractivity contribution in [2.24, 2.45) is 0 Å². The van der Waals surface area contributed by atoms with E-state index in [0.29, 0.717) is 12.2 Å². The van der Waals surface area contributed by atoms with Gasteiger partial charge in [-0.25, -0.2) is 9.78 Å². The van der Waals surface area contributed by atoms with Gasteiger partial charge in [0.05, 0.1) is 17.6 Å². The SMILES string of the molecule is Cc1cnc(NC2(C(=O)O)CCOC2)cc1[N+](=O)[O-]. The summed E-state index contributed by atoms with van der Waals surface area (Å²) in [5.41, 5.74) is -0.949. The molecule has 0 bridgehead atoms. The number of aryl methyl sites for hydroxylation is 1. The first-order chi connectivity index (χ1) is 8.94. The first-order valence-electron chi connectivity index (χ1n) is 5.65. The maximum Gasteiger partial charge on any atom is 0.331 e. The van der Waals surface area contributed by atoms with E-state index in [4.69, 9.17) is 4.74 Å². The van der Waals surface area contributed by atoms with Crippen molar-refractivity contribution in [3.63, 3.8) is 0 Å². The first-order valence-corrected chi connectivity index (χ1v) is 5.65. The van der Waals surface area contributed by atoms with E-state index in [-0.39, 0.29) is 24.5 Å². The molecule has 2 heterocycles. The molecule has 1 atom stereocenters. The smallest absolute Gasteiger partial charge is 0.331 e. The van der Waals surface area contributed by atoms with Crippen LogP contribution in [0.3, 0.4) is 0 Å². The topological polar surface area (TPSA) is 115 Å². The van der Waals surface area contributed by atoms with Gasteiger partial charge in [-0.3, -0.25) is 10.1 Å². The number of carbonyl (C=O) groups is 1. The summed E-state index contributed by atoms with van der Waals surface area (Å²) in [6.45, 7) is 1.90. The zero-order valence-corrected chi connectivity index (χ0v) is 10.3. The van der Waals surface area contributed by atoms with Crippen molar-refractivity contribution in [3.8, 4) is 0 Å². The molecule has 0 aromatic carbocycles. The number of nitro groups is 1. The fourth-order valence-corrected chi connectivity index (χ4v) is 1.91. The molecule has 8 heteroatoms. The Morgan fingerprint density at radius 2 is 2.42 bits per heavy atom. The van der Waals surface area contributed by atoms with Crippen LogP contribution >= 0.6 is 0 Å². The van der Waals surface area contributed by atoms with Crippen LogP contribution in [-0.4, -0.2) is 39.7 Å². The van der Waals surface area contributed by atoms with Gasteiger partial charge in [-0.2, -0.15) is 0 Å². The number of nitrogens with zero attached hydrogens (tertiary/aromatic N) is 2. The van der Waals surface area contributed by atoms with E-state index in [9.17, 15) is 20.0 Å². The van der Waals surface area contributed by atoms with Crippen LogP contribution < -0.4 is 5.32 Å². The lowest BCUT2D eigenvalue weighted by Crippen LogP contribution is -2.47. The highest BCUT2D eigenvalue weighted by Gasteiger charge is 2.43. The fraction of sp³-hybridized carbons (Fsp3) is 0.455. The van der Waals surface area contributed by atoms with Crippen molar-refractivity contribution in [2.45, 2.75) is 18.9 Å². The van der Waals surface area contributed by atoms with Gasteiger partial charge in [0.25, 0.3) is 5.69 Å². The van der Waals surface area contributed by atoms with Gasteiger partial charge in [0.1, 0.15) is 5.82 Å². The molecule has 2 rings (SSSR count). The number of aliphatic carboxylic acids is 1. The van der Waals surface area contributed by atoms with Gasteiger partial charge in [-0.05, 0) is 6.92 Å².